The van der Waals surface area contributed by atoms with Crippen LogP contribution >= 0.6 is 11.6 Å². The van der Waals surface area contributed by atoms with Gasteiger partial charge in [0, 0.05) is 67.4 Å². The van der Waals surface area contributed by atoms with E-state index in [1.165, 1.54) is 12.8 Å². The Morgan fingerprint density at radius 2 is 1.72 bits per heavy atom. The zero-order chi connectivity index (χ0) is 25.2. The Bertz CT molecular complexity index is 1070. The second kappa shape index (κ2) is 11.1. The van der Waals surface area contributed by atoms with Crippen molar-refractivity contribution in [2.45, 2.75) is 50.7 Å². The number of hydrogen-bond donors (Lipinski definition) is 1. The fourth-order valence-electron chi connectivity index (χ4n) is 6.03. The number of halogens is 1. The van der Waals surface area contributed by atoms with Gasteiger partial charge in [0.1, 0.15) is 11.7 Å². The summed E-state index contributed by atoms with van der Waals surface area (Å²) >= 11 is 6.16. The van der Waals surface area contributed by atoms with Gasteiger partial charge in [0.15, 0.2) is 0 Å². The van der Waals surface area contributed by atoms with Crippen LogP contribution in [0.2, 0.25) is 5.02 Å². The van der Waals surface area contributed by atoms with Gasteiger partial charge in [-0.1, -0.05) is 11.6 Å². The number of benzene rings is 1. The first kappa shape index (κ1) is 25.5. The quantitative estimate of drug-likeness (QED) is 0.662. The minimum absolute atomic E-state index is 0.0271. The number of H-pyrrole nitrogens is 1. The van der Waals surface area contributed by atoms with Gasteiger partial charge in [-0.3, -0.25) is 14.5 Å². The third kappa shape index (κ3) is 5.42. The van der Waals surface area contributed by atoms with Crippen molar-refractivity contribution in [1.82, 2.24) is 24.6 Å². The SMILES string of the molecule is C[C@@H](C(=O)N1CCN(C2CCN(C)CC2)CC1)N(C(=O)c1cc2cc(Cl)ccc2[nH]1)C1CCOCC1. The molecule has 3 saturated heterocycles. The van der Waals surface area contributed by atoms with Gasteiger partial charge in [-0.2, -0.15) is 0 Å². The number of aromatic nitrogens is 1. The molecule has 196 valence electrons. The van der Waals surface area contributed by atoms with Crippen LogP contribution in [0.1, 0.15) is 43.1 Å². The molecule has 9 heteroatoms. The van der Waals surface area contributed by atoms with Crippen LogP contribution in [0.5, 0.6) is 0 Å². The number of piperazine rings is 1. The third-order valence-corrected chi connectivity index (χ3v) is 8.47. The average Bonchev–Trinajstić information content (AvgIpc) is 3.33. The number of piperidine rings is 1. The largest absolute Gasteiger partial charge is 0.381 e. The molecule has 3 aliphatic rings. The normalized spacial score (nSPS) is 22.1. The van der Waals surface area contributed by atoms with E-state index in [0.29, 0.717) is 30.0 Å². The van der Waals surface area contributed by atoms with E-state index in [0.717, 1.165) is 63.0 Å². The van der Waals surface area contributed by atoms with E-state index in [-0.39, 0.29) is 17.9 Å². The Hall–Kier alpha value is -2.13. The van der Waals surface area contributed by atoms with Gasteiger partial charge in [0.25, 0.3) is 5.91 Å². The summed E-state index contributed by atoms with van der Waals surface area (Å²) in [5, 5.41) is 1.52. The van der Waals surface area contributed by atoms with Crippen molar-refractivity contribution in [3.05, 3.63) is 35.0 Å². The standard InChI is InChI=1S/C27H38ClN5O3/c1-19(26(34)32-13-11-31(12-14-32)22-5-9-30(2)10-6-22)33(23-7-15-36-16-8-23)27(35)25-18-20-17-21(28)3-4-24(20)29-25/h3-4,17-19,22-23,29H,5-16H2,1-2H3/t19-/m0/s1. The van der Waals surface area contributed by atoms with Crippen LogP contribution in [-0.2, 0) is 9.53 Å². The van der Waals surface area contributed by atoms with Gasteiger partial charge in [0.05, 0.1) is 0 Å². The highest BCUT2D eigenvalue weighted by molar-refractivity contribution is 6.31. The summed E-state index contributed by atoms with van der Waals surface area (Å²) in [6.07, 6.45) is 3.86. The number of nitrogens with zero attached hydrogens (tertiary/aromatic N) is 4. The lowest BCUT2D eigenvalue weighted by molar-refractivity contribution is -0.139. The second-order valence-corrected chi connectivity index (χ2v) is 11.0. The lowest BCUT2D eigenvalue weighted by Gasteiger charge is -2.44. The topological polar surface area (TPSA) is 72.1 Å². The number of likely N-dealkylation sites (tertiary alicyclic amines) is 1. The maximum Gasteiger partial charge on any atom is 0.271 e. The average molecular weight is 516 g/mol. The Morgan fingerprint density at radius 3 is 2.42 bits per heavy atom. The number of rotatable bonds is 5. The van der Waals surface area contributed by atoms with Crippen molar-refractivity contribution in [2.75, 3.05) is 59.5 Å². The number of carbonyl (C=O) groups excluding carboxylic acids is 2. The zero-order valence-corrected chi connectivity index (χ0v) is 22.2. The molecule has 0 aliphatic carbocycles. The first-order valence-corrected chi connectivity index (χ1v) is 13.7. The number of carbonyl (C=O) groups is 2. The maximum absolute atomic E-state index is 13.9. The summed E-state index contributed by atoms with van der Waals surface area (Å²) in [5.41, 5.74) is 1.35. The summed E-state index contributed by atoms with van der Waals surface area (Å²) in [4.78, 5) is 39.5. The molecule has 0 radical (unpaired) electrons. The van der Waals surface area contributed by atoms with Crippen LogP contribution in [0.4, 0.5) is 0 Å². The molecule has 5 rings (SSSR count). The Kier molecular flexibility index (Phi) is 7.86. The van der Waals surface area contributed by atoms with E-state index < -0.39 is 6.04 Å². The highest BCUT2D eigenvalue weighted by atomic mass is 35.5. The summed E-state index contributed by atoms with van der Waals surface area (Å²) in [5.74, 6) is -0.0999. The molecule has 0 bridgehead atoms. The molecule has 3 aliphatic heterocycles. The zero-order valence-electron chi connectivity index (χ0n) is 21.4. The van der Waals surface area contributed by atoms with Crippen molar-refractivity contribution >= 4 is 34.3 Å². The molecule has 36 heavy (non-hydrogen) atoms. The molecule has 0 unspecified atom stereocenters. The Balaban J connectivity index is 1.29. The van der Waals surface area contributed by atoms with Crippen LogP contribution in [0.25, 0.3) is 10.9 Å². The Labute approximate surface area is 218 Å². The number of nitrogens with one attached hydrogen (secondary N) is 1. The van der Waals surface area contributed by atoms with E-state index in [1.807, 2.05) is 36.1 Å². The molecule has 1 N–H and O–H groups in total. The Morgan fingerprint density at radius 1 is 1.03 bits per heavy atom. The van der Waals surface area contributed by atoms with Crippen molar-refractivity contribution in [3.8, 4) is 0 Å². The molecule has 0 saturated carbocycles. The van der Waals surface area contributed by atoms with Crippen molar-refractivity contribution in [1.29, 1.82) is 0 Å². The van der Waals surface area contributed by atoms with E-state index in [1.54, 1.807) is 4.90 Å². The second-order valence-electron chi connectivity index (χ2n) is 10.5. The predicted octanol–water partition coefficient (Wildman–Crippen LogP) is 3.07. The third-order valence-electron chi connectivity index (χ3n) is 8.24. The number of fused-ring (bicyclic) bond motifs is 1. The first-order chi connectivity index (χ1) is 17.4. The molecule has 3 fully saturated rings. The minimum atomic E-state index is -0.537. The predicted molar refractivity (Wildman–Crippen MR) is 141 cm³/mol. The van der Waals surface area contributed by atoms with Crippen molar-refractivity contribution in [3.63, 3.8) is 0 Å². The first-order valence-electron chi connectivity index (χ1n) is 13.3. The number of aromatic amines is 1. The molecule has 1 atom stereocenters. The van der Waals surface area contributed by atoms with Gasteiger partial charge < -0.3 is 24.4 Å². The van der Waals surface area contributed by atoms with E-state index in [2.05, 4.69) is 21.8 Å². The molecule has 8 nitrogen and oxygen atoms in total. The van der Waals surface area contributed by atoms with Crippen LogP contribution in [0, 0.1) is 0 Å². The lowest BCUT2D eigenvalue weighted by atomic mass is 10.0. The number of ether oxygens (including phenoxy) is 1. The molecule has 2 amide bonds. The molecular formula is C27H38ClN5O3. The smallest absolute Gasteiger partial charge is 0.271 e. The van der Waals surface area contributed by atoms with Crippen LogP contribution in [-0.4, -0.2) is 114 Å². The molecule has 0 spiro atoms. The van der Waals surface area contributed by atoms with E-state index in [4.69, 9.17) is 16.3 Å². The summed E-state index contributed by atoms with van der Waals surface area (Å²) in [6, 6.07) is 7.43. The fourth-order valence-corrected chi connectivity index (χ4v) is 6.21. The van der Waals surface area contributed by atoms with Gasteiger partial charge >= 0.3 is 0 Å². The number of hydrogen-bond acceptors (Lipinski definition) is 5. The summed E-state index contributed by atoms with van der Waals surface area (Å²) in [6.45, 7) is 8.62. The highest BCUT2D eigenvalue weighted by Gasteiger charge is 2.37. The maximum atomic E-state index is 13.9. The summed E-state index contributed by atoms with van der Waals surface area (Å²) in [7, 11) is 2.19. The minimum Gasteiger partial charge on any atom is -0.381 e. The fraction of sp³-hybridized carbons (Fsp3) is 0.630. The summed E-state index contributed by atoms with van der Waals surface area (Å²) < 4.78 is 5.56. The molecule has 1 aromatic carbocycles. The van der Waals surface area contributed by atoms with Gasteiger partial charge in [0.2, 0.25) is 5.91 Å². The van der Waals surface area contributed by atoms with Crippen LogP contribution in [0.3, 0.4) is 0 Å². The van der Waals surface area contributed by atoms with Crippen LogP contribution in [0.15, 0.2) is 24.3 Å². The molecular weight excluding hydrogens is 478 g/mol. The van der Waals surface area contributed by atoms with E-state index in [9.17, 15) is 9.59 Å². The van der Waals surface area contributed by atoms with Gasteiger partial charge in [-0.15, -0.1) is 0 Å². The van der Waals surface area contributed by atoms with Crippen LogP contribution < -0.4 is 0 Å². The molecule has 1 aromatic heterocycles. The van der Waals surface area contributed by atoms with Crippen molar-refractivity contribution < 1.29 is 14.3 Å². The lowest BCUT2D eigenvalue weighted by Crippen LogP contribution is -2.59. The highest BCUT2D eigenvalue weighted by Crippen LogP contribution is 2.26. The monoisotopic (exact) mass is 515 g/mol. The van der Waals surface area contributed by atoms with Gasteiger partial charge in [-0.05, 0) is 77.0 Å². The van der Waals surface area contributed by atoms with E-state index >= 15 is 0 Å². The van der Waals surface area contributed by atoms with Crippen molar-refractivity contribution in [2.24, 2.45) is 0 Å². The molecule has 4 heterocycles. The number of amides is 2. The molecule has 2 aromatic rings. The van der Waals surface area contributed by atoms with Gasteiger partial charge in [-0.25, -0.2) is 0 Å².